The maximum Gasteiger partial charge on any atom is 0.282 e. The Morgan fingerprint density at radius 2 is 1.97 bits per heavy atom. The molecule has 2 saturated carbocycles. The molecule has 1 aliphatic heterocycles. The van der Waals surface area contributed by atoms with Crippen LogP contribution in [-0.2, 0) is 4.79 Å². The standard InChI is InChI=1S/C19H25F2N5O3/c1-22-16(27)13(6-11-2-3-11)24-17(28)14-7-23-15(26-9-19(20,21)10-26)18(25-14)29-8-12-4-5-12/h7,11-13H,2-6,8-10H2,1H3,(H,22,27)(H,24,28)/t13-/m0/s1. The highest BCUT2D eigenvalue weighted by molar-refractivity contribution is 5.96. The van der Waals surface area contributed by atoms with Crippen LogP contribution in [0.15, 0.2) is 6.20 Å². The van der Waals surface area contributed by atoms with E-state index in [4.69, 9.17) is 4.74 Å². The minimum atomic E-state index is -2.75. The van der Waals surface area contributed by atoms with Gasteiger partial charge in [0.15, 0.2) is 11.5 Å². The lowest BCUT2D eigenvalue weighted by molar-refractivity contribution is -0.122. The van der Waals surface area contributed by atoms with Gasteiger partial charge in [0, 0.05) is 7.05 Å². The van der Waals surface area contributed by atoms with Crippen LogP contribution in [0.1, 0.15) is 42.6 Å². The first-order valence-electron chi connectivity index (χ1n) is 9.99. The number of hydrogen-bond donors (Lipinski definition) is 2. The lowest BCUT2D eigenvalue weighted by atomic mass is 10.1. The molecule has 10 heteroatoms. The third-order valence-corrected chi connectivity index (χ3v) is 5.39. The zero-order valence-electron chi connectivity index (χ0n) is 16.3. The number of amides is 2. The van der Waals surface area contributed by atoms with Crippen molar-refractivity contribution in [3.05, 3.63) is 11.9 Å². The molecule has 2 amide bonds. The first-order chi connectivity index (χ1) is 13.8. The van der Waals surface area contributed by atoms with Gasteiger partial charge in [-0.15, -0.1) is 0 Å². The fraction of sp³-hybridized carbons (Fsp3) is 0.684. The second kappa shape index (κ2) is 7.72. The Bertz CT molecular complexity index is 790. The molecule has 2 aliphatic carbocycles. The zero-order valence-corrected chi connectivity index (χ0v) is 16.3. The van der Waals surface area contributed by atoms with Crippen LogP contribution in [0.25, 0.3) is 0 Å². The predicted molar refractivity (Wildman–Crippen MR) is 100 cm³/mol. The number of halogens is 2. The molecule has 2 heterocycles. The molecule has 1 saturated heterocycles. The van der Waals surface area contributed by atoms with Crippen molar-refractivity contribution in [2.45, 2.75) is 44.1 Å². The molecule has 1 aromatic rings. The molecule has 158 valence electrons. The van der Waals surface area contributed by atoms with Crippen LogP contribution in [0.4, 0.5) is 14.6 Å². The maximum absolute atomic E-state index is 13.3. The Balaban J connectivity index is 1.48. The Kier molecular flexibility index (Phi) is 5.26. The van der Waals surface area contributed by atoms with E-state index in [9.17, 15) is 18.4 Å². The number of hydrogen-bond acceptors (Lipinski definition) is 6. The van der Waals surface area contributed by atoms with E-state index in [1.54, 1.807) is 0 Å². The van der Waals surface area contributed by atoms with Gasteiger partial charge in [0.05, 0.1) is 25.9 Å². The monoisotopic (exact) mass is 409 g/mol. The molecular formula is C19H25F2N5O3. The van der Waals surface area contributed by atoms with Crippen LogP contribution in [-0.4, -0.2) is 60.5 Å². The van der Waals surface area contributed by atoms with E-state index >= 15 is 0 Å². The van der Waals surface area contributed by atoms with Gasteiger partial charge in [-0.1, -0.05) is 12.8 Å². The molecule has 0 unspecified atom stereocenters. The molecule has 0 radical (unpaired) electrons. The number of ether oxygens (including phenoxy) is 1. The Hall–Kier alpha value is -2.52. The van der Waals surface area contributed by atoms with Gasteiger partial charge in [-0.2, -0.15) is 0 Å². The first-order valence-corrected chi connectivity index (χ1v) is 9.99. The van der Waals surface area contributed by atoms with E-state index in [-0.39, 0.29) is 23.3 Å². The summed E-state index contributed by atoms with van der Waals surface area (Å²) in [5, 5.41) is 5.27. The predicted octanol–water partition coefficient (Wildman–Crippen LogP) is 1.37. The van der Waals surface area contributed by atoms with Gasteiger partial charge in [-0.05, 0) is 31.1 Å². The quantitative estimate of drug-likeness (QED) is 0.640. The molecule has 0 spiro atoms. The summed E-state index contributed by atoms with van der Waals surface area (Å²) in [6.45, 7) is -0.486. The number of carbonyl (C=O) groups is 2. The van der Waals surface area contributed by atoms with Crippen molar-refractivity contribution in [3.63, 3.8) is 0 Å². The van der Waals surface area contributed by atoms with Crippen molar-refractivity contribution in [1.29, 1.82) is 0 Å². The molecule has 1 aromatic heterocycles. The van der Waals surface area contributed by atoms with Crippen molar-refractivity contribution >= 4 is 17.6 Å². The van der Waals surface area contributed by atoms with Crippen LogP contribution >= 0.6 is 0 Å². The van der Waals surface area contributed by atoms with Crippen molar-refractivity contribution in [1.82, 2.24) is 20.6 Å². The van der Waals surface area contributed by atoms with Gasteiger partial charge in [0.1, 0.15) is 6.04 Å². The summed E-state index contributed by atoms with van der Waals surface area (Å²) in [5.41, 5.74) is -0.00321. The largest absolute Gasteiger partial charge is 0.475 e. The smallest absolute Gasteiger partial charge is 0.282 e. The lowest BCUT2D eigenvalue weighted by Crippen LogP contribution is -2.56. The normalized spacial score (nSPS) is 21.1. The van der Waals surface area contributed by atoms with E-state index in [1.807, 2.05) is 0 Å². The Morgan fingerprint density at radius 3 is 2.55 bits per heavy atom. The minimum absolute atomic E-state index is 0.00321. The average Bonchev–Trinajstić information content (AvgIpc) is 3.58. The second-order valence-corrected chi connectivity index (χ2v) is 8.17. The van der Waals surface area contributed by atoms with E-state index in [0.29, 0.717) is 24.9 Å². The Morgan fingerprint density at radius 1 is 1.28 bits per heavy atom. The highest BCUT2D eigenvalue weighted by atomic mass is 19.3. The molecule has 0 bridgehead atoms. The summed E-state index contributed by atoms with van der Waals surface area (Å²) in [4.78, 5) is 34.5. The maximum atomic E-state index is 13.3. The van der Waals surface area contributed by atoms with E-state index in [1.165, 1.54) is 18.1 Å². The SMILES string of the molecule is CNC(=O)[C@H](CC1CC1)NC(=O)c1cnc(N2CC(F)(F)C2)c(OCC2CC2)n1. The number of carbonyl (C=O) groups excluding carboxylic acids is 2. The molecular weight excluding hydrogens is 384 g/mol. The number of anilines is 1. The van der Waals surface area contributed by atoms with Crippen molar-refractivity contribution in [2.24, 2.45) is 11.8 Å². The summed E-state index contributed by atoms with van der Waals surface area (Å²) in [6, 6.07) is -0.647. The summed E-state index contributed by atoms with van der Waals surface area (Å²) in [5.74, 6) is -2.39. The fourth-order valence-corrected chi connectivity index (χ4v) is 3.26. The van der Waals surface area contributed by atoms with Gasteiger partial charge in [0.25, 0.3) is 17.7 Å². The minimum Gasteiger partial charge on any atom is -0.475 e. The molecule has 8 nitrogen and oxygen atoms in total. The summed E-state index contributed by atoms with van der Waals surface area (Å²) in [7, 11) is 1.52. The van der Waals surface area contributed by atoms with Crippen LogP contribution in [0.3, 0.4) is 0 Å². The number of nitrogens with one attached hydrogen (secondary N) is 2. The summed E-state index contributed by atoms with van der Waals surface area (Å²) in [6.07, 6.45) is 6.03. The molecule has 0 aromatic carbocycles. The molecule has 2 N–H and O–H groups in total. The third kappa shape index (κ3) is 4.91. The van der Waals surface area contributed by atoms with Gasteiger partial charge in [0.2, 0.25) is 5.91 Å². The number of rotatable bonds is 9. The molecule has 4 rings (SSSR count). The molecule has 29 heavy (non-hydrogen) atoms. The topological polar surface area (TPSA) is 96.5 Å². The zero-order chi connectivity index (χ0) is 20.6. The van der Waals surface area contributed by atoms with E-state index in [0.717, 1.165) is 25.7 Å². The average molecular weight is 409 g/mol. The Labute approximate surface area is 167 Å². The highest BCUT2D eigenvalue weighted by Crippen LogP contribution is 2.37. The van der Waals surface area contributed by atoms with Crippen LogP contribution in [0.5, 0.6) is 5.88 Å². The second-order valence-electron chi connectivity index (χ2n) is 8.17. The number of alkyl halides is 2. The van der Waals surface area contributed by atoms with E-state index < -0.39 is 31.0 Å². The van der Waals surface area contributed by atoms with Gasteiger partial charge in [-0.25, -0.2) is 18.7 Å². The van der Waals surface area contributed by atoms with Crippen LogP contribution < -0.4 is 20.3 Å². The molecule has 1 atom stereocenters. The molecule has 3 aliphatic rings. The van der Waals surface area contributed by atoms with Crippen molar-refractivity contribution < 1.29 is 23.1 Å². The summed E-state index contributed by atoms with van der Waals surface area (Å²) < 4.78 is 32.2. The van der Waals surface area contributed by atoms with Crippen molar-refractivity contribution in [3.8, 4) is 5.88 Å². The third-order valence-electron chi connectivity index (χ3n) is 5.39. The number of aromatic nitrogens is 2. The molecule has 3 fully saturated rings. The van der Waals surface area contributed by atoms with Crippen LogP contribution in [0.2, 0.25) is 0 Å². The summed E-state index contributed by atoms with van der Waals surface area (Å²) >= 11 is 0. The van der Waals surface area contributed by atoms with Crippen LogP contribution in [0, 0.1) is 11.8 Å². The van der Waals surface area contributed by atoms with Crippen molar-refractivity contribution in [2.75, 3.05) is 31.6 Å². The first kappa shape index (κ1) is 19.8. The number of nitrogens with zero attached hydrogens (tertiary/aromatic N) is 3. The van der Waals surface area contributed by atoms with Gasteiger partial charge >= 0.3 is 0 Å². The fourth-order valence-electron chi connectivity index (χ4n) is 3.26. The van der Waals surface area contributed by atoms with Gasteiger partial charge < -0.3 is 20.3 Å². The van der Waals surface area contributed by atoms with Gasteiger partial charge in [-0.3, -0.25) is 9.59 Å². The lowest BCUT2D eigenvalue weighted by Gasteiger charge is -2.39. The number of likely N-dealkylation sites (N-methyl/N-ethyl adjacent to an activating group) is 1. The van der Waals surface area contributed by atoms with E-state index in [2.05, 4.69) is 20.6 Å². The highest BCUT2D eigenvalue weighted by Gasteiger charge is 2.46.